The quantitative estimate of drug-likeness (QED) is 0.609. The topological polar surface area (TPSA) is 66.5 Å². The van der Waals surface area contributed by atoms with Crippen molar-refractivity contribution in [2.75, 3.05) is 16.2 Å². The van der Waals surface area contributed by atoms with Crippen LogP contribution in [0, 0.1) is 0 Å². The number of carbonyl (C=O) groups is 1. The van der Waals surface area contributed by atoms with Crippen LogP contribution in [0.25, 0.3) is 11.1 Å². The molecule has 0 saturated carbocycles. The predicted molar refractivity (Wildman–Crippen MR) is 114 cm³/mol. The number of para-hydroxylation sites is 1. The number of carbonyl (C=O) groups excluding carboxylic acids is 1. The van der Waals surface area contributed by atoms with Gasteiger partial charge < -0.3 is 5.32 Å². The zero-order chi connectivity index (χ0) is 19.9. The zero-order valence-electron chi connectivity index (χ0n) is 15.0. The second kappa shape index (κ2) is 7.07. The molecule has 0 unspecified atom stereocenters. The summed E-state index contributed by atoms with van der Waals surface area (Å²) in [6, 6.07) is 19.3. The maximum absolute atomic E-state index is 12.9. The van der Waals surface area contributed by atoms with E-state index < -0.39 is 10.0 Å². The summed E-state index contributed by atoms with van der Waals surface area (Å²) < 4.78 is 28.0. The molecule has 0 fully saturated rings. The molecule has 1 heterocycles. The SMILES string of the molecule is CCN1c2ccc(C(=O)Nc3ccccc3Br)cc2-c2ccccc2S1(=O)=O. The largest absolute Gasteiger partial charge is 0.321 e. The van der Waals surface area contributed by atoms with Crippen LogP contribution < -0.4 is 9.62 Å². The first-order valence-electron chi connectivity index (χ1n) is 8.75. The average Bonchev–Trinajstić information content (AvgIpc) is 2.70. The third-order valence-corrected chi connectivity index (χ3v) is 7.32. The van der Waals surface area contributed by atoms with Gasteiger partial charge in [0, 0.05) is 27.7 Å². The van der Waals surface area contributed by atoms with E-state index in [4.69, 9.17) is 0 Å². The Balaban J connectivity index is 1.80. The molecule has 5 nitrogen and oxygen atoms in total. The van der Waals surface area contributed by atoms with Crippen molar-refractivity contribution < 1.29 is 13.2 Å². The van der Waals surface area contributed by atoms with Crippen molar-refractivity contribution in [1.82, 2.24) is 0 Å². The predicted octanol–water partition coefficient (Wildman–Crippen LogP) is 4.90. The summed E-state index contributed by atoms with van der Waals surface area (Å²) in [5, 5.41) is 2.88. The van der Waals surface area contributed by atoms with Crippen LogP contribution in [0.3, 0.4) is 0 Å². The summed E-state index contributed by atoms with van der Waals surface area (Å²) in [5.74, 6) is -0.260. The molecule has 1 aliphatic rings. The Labute approximate surface area is 172 Å². The van der Waals surface area contributed by atoms with Gasteiger partial charge in [-0.25, -0.2) is 8.42 Å². The summed E-state index contributed by atoms with van der Waals surface area (Å²) in [4.78, 5) is 13.0. The summed E-state index contributed by atoms with van der Waals surface area (Å²) in [6.45, 7) is 2.11. The van der Waals surface area contributed by atoms with Crippen molar-refractivity contribution in [3.05, 3.63) is 76.8 Å². The normalized spacial score (nSPS) is 14.1. The van der Waals surface area contributed by atoms with Gasteiger partial charge in [-0.15, -0.1) is 0 Å². The Morgan fingerprint density at radius 3 is 2.46 bits per heavy atom. The number of nitrogens with one attached hydrogen (secondary N) is 1. The van der Waals surface area contributed by atoms with E-state index in [2.05, 4.69) is 21.2 Å². The highest BCUT2D eigenvalue weighted by Gasteiger charge is 2.34. The van der Waals surface area contributed by atoms with E-state index in [9.17, 15) is 13.2 Å². The smallest absolute Gasteiger partial charge is 0.264 e. The van der Waals surface area contributed by atoms with Crippen LogP contribution in [0.5, 0.6) is 0 Å². The first-order chi connectivity index (χ1) is 13.4. The lowest BCUT2D eigenvalue weighted by Gasteiger charge is -2.31. The monoisotopic (exact) mass is 456 g/mol. The van der Waals surface area contributed by atoms with Gasteiger partial charge in [0.2, 0.25) is 0 Å². The molecule has 1 aliphatic heterocycles. The van der Waals surface area contributed by atoms with Crippen LogP contribution in [-0.4, -0.2) is 20.9 Å². The fourth-order valence-corrected chi connectivity index (χ4v) is 5.46. The lowest BCUT2D eigenvalue weighted by Crippen LogP contribution is -2.34. The molecule has 4 rings (SSSR count). The number of hydrogen-bond acceptors (Lipinski definition) is 3. The fourth-order valence-electron chi connectivity index (χ4n) is 3.37. The van der Waals surface area contributed by atoms with Gasteiger partial charge >= 0.3 is 0 Å². The molecule has 0 aliphatic carbocycles. The van der Waals surface area contributed by atoms with Gasteiger partial charge in [0.05, 0.1) is 16.3 Å². The Morgan fingerprint density at radius 1 is 1.00 bits per heavy atom. The van der Waals surface area contributed by atoms with Crippen molar-refractivity contribution in [3.63, 3.8) is 0 Å². The molecule has 0 atom stereocenters. The first kappa shape index (κ1) is 18.7. The average molecular weight is 457 g/mol. The van der Waals surface area contributed by atoms with Crippen LogP contribution >= 0.6 is 15.9 Å². The number of sulfonamides is 1. The Morgan fingerprint density at radius 2 is 1.71 bits per heavy atom. The van der Waals surface area contributed by atoms with Crippen LogP contribution in [0.2, 0.25) is 0 Å². The first-order valence-corrected chi connectivity index (χ1v) is 11.0. The van der Waals surface area contributed by atoms with Gasteiger partial charge in [0.25, 0.3) is 15.9 Å². The lowest BCUT2D eigenvalue weighted by atomic mass is 10.00. The van der Waals surface area contributed by atoms with Gasteiger partial charge in [-0.1, -0.05) is 30.3 Å². The van der Waals surface area contributed by atoms with Gasteiger partial charge in [-0.2, -0.15) is 0 Å². The van der Waals surface area contributed by atoms with Crippen molar-refractivity contribution in [2.24, 2.45) is 0 Å². The third-order valence-electron chi connectivity index (χ3n) is 4.68. The molecule has 0 bridgehead atoms. The minimum atomic E-state index is -3.61. The Bertz CT molecular complexity index is 1190. The second-order valence-corrected chi connectivity index (χ2v) is 9.02. The molecule has 142 valence electrons. The highest BCUT2D eigenvalue weighted by Crippen LogP contribution is 2.43. The van der Waals surface area contributed by atoms with Gasteiger partial charge in [-0.05, 0) is 59.3 Å². The van der Waals surface area contributed by atoms with E-state index in [1.54, 1.807) is 55.5 Å². The molecule has 3 aromatic rings. The van der Waals surface area contributed by atoms with Crippen LogP contribution in [0.1, 0.15) is 17.3 Å². The molecule has 1 amide bonds. The van der Waals surface area contributed by atoms with Crippen LogP contribution in [0.4, 0.5) is 11.4 Å². The highest BCUT2D eigenvalue weighted by molar-refractivity contribution is 9.10. The van der Waals surface area contributed by atoms with Gasteiger partial charge in [0.15, 0.2) is 0 Å². The van der Waals surface area contributed by atoms with E-state index in [0.29, 0.717) is 29.0 Å². The van der Waals surface area contributed by atoms with Crippen molar-refractivity contribution >= 4 is 43.2 Å². The standard InChI is InChI=1S/C21H17BrN2O3S/c1-2-24-19-12-11-14(21(25)23-18-9-5-4-8-17(18)22)13-16(19)15-7-3-6-10-20(15)28(24,26)27/h3-13H,2H2,1H3,(H,23,25). The van der Waals surface area contributed by atoms with Gasteiger partial charge in [-0.3, -0.25) is 9.10 Å². The van der Waals surface area contributed by atoms with E-state index in [0.717, 1.165) is 10.0 Å². The number of fused-ring (bicyclic) bond motifs is 3. The summed E-state index contributed by atoms with van der Waals surface area (Å²) >= 11 is 3.42. The number of halogens is 1. The van der Waals surface area contributed by atoms with Crippen LogP contribution in [-0.2, 0) is 10.0 Å². The summed E-state index contributed by atoms with van der Waals surface area (Å²) in [6.07, 6.45) is 0. The molecule has 0 spiro atoms. The van der Waals surface area contributed by atoms with E-state index in [1.165, 1.54) is 4.31 Å². The minimum absolute atomic E-state index is 0.257. The van der Waals surface area contributed by atoms with Crippen molar-refractivity contribution in [1.29, 1.82) is 0 Å². The molecule has 0 aromatic heterocycles. The lowest BCUT2D eigenvalue weighted by molar-refractivity contribution is 0.102. The minimum Gasteiger partial charge on any atom is -0.321 e. The molecule has 28 heavy (non-hydrogen) atoms. The number of nitrogens with zero attached hydrogens (tertiary/aromatic N) is 1. The van der Waals surface area contributed by atoms with Crippen molar-refractivity contribution in [3.8, 4) is 11.1 Å². The fraction of sp³-hybridized carbons (Fsp3) is 0.0952. The molecule has 7 heteroatoms. The second-order valence-electron chi connectivity index (χ2n) is 6.33. The maximum Gasteiger partial charge on any atom is 0.264 e. The number of hydrogen-bond donors (Lipinski definition) is 1. The number of anilines is 2. The molecule has 1 N–H and O–H groups in total. The number of rotatable bonds is 3. The zero-order valence-corrected chi connectivity index (χ0v) is 17.4. The molecule has 0 radical (unpaired) electrons. The number of benzene rings is 3. The Hall–Kier alpha value is -2.64. The summed E-state index contributed by atoms with van der Waals surface area (Å²) in [7, 11) is -3.61. The van der Waals surface area contributed by atoms with Crippen molar-refractivity contribution in [2.45, 2.75) is 11.8 Å². The highest BCUT2D eigenvalue weighted by atomic mass is 79.9. The molecule has 3 aromatic carbocycles. The molecule has 0 saturated heterocycles. The van der Waals surface area contributed by atoms with E-state index in [1.807, 2.05) is 18.2 Å². The summed E-state index contributed by atoms with van der Waals surface area (Å²) in [5.41, 5.74) is 3.05. The maximum atomic E-state index is 12.9. The van der Waals surface area contributed by atoms with E-state index >= 15 is 0 Å². The van der Waals surface area contributed by atoms with E-state index in [-0.39, 0.29) is 10.8 Å². The molecular weight excluding hydrogens is 440 g/mol. The third kappa shape index (κ3) is 3.00. The number of amides is 1. The van der Waals surface area contributed by atoms with Gasteiger partial charge in [0.1, 0.15) is 0 Å². The molecular formula is C21H17BrN2O3S. The Kier molecular flexibility index (Phi) is 4.72. The van der Waals surface area contributed by atoms with Crippen LogP contribution in [0.15, 0.2) is 76.1 Å².